The van der Waals surface area contributed by atoms with Crippen LogP contribution in [0.15, 0.2) is 12.1 Å². The molecule has 0 aromatic carbocycles. The largest absolute Gasteiger partial charge is 0.304 e. The van der Waals surface area contributed by atoms with E-state index >= 15 is 0 Å². The second kappa shape index (κ2) is 7.86. The number of thiophene rings is 1. The molecule has 134 valence electrons. The molecule has 3 fully saturated rings. The lowest BCUT2D eigenvalue weighted by Gasteiger charge is -2.36. The number of hydrogen-bond acceptors (Lipinski definition) is 4. The lowest BCUT2D eigenvalue weighted by atomic mass is 9.88. The molecule has 1 aromatic heterocycles. The van der Waals surface area contributed by atoms with Gasteiger partial charge in [-0.15, -0.1) is 11.3 Å². The average molecular weight is 348 g/mol. The molecule has 1 aliphatic carbocycles. The van der Waals surface area contributed by atoms with Crippen molar-refractivity contribution in [3.8, 4) is 0 Å². The van der Waals surface area contributed by atoms with Crippen LogP contribution >= 0.6 is 11.3 Å². The van der Waals surface area contributed by atoms with Crippen LogP contribution in [-0.4, -0.2) is 67.1 Å². The second-order valence-corrected chi connectivity index (χ2v) is 9.36. The van der Waals surface area contributed by atoms with Gasteiger partial charge in [0.05, 0.1) is 0 Å². The molecule has 3 heterocycles. The first-order valence-electron chi connectivity index (χ1n) is 10.0. The van der Waals surface area contributed by atoms with Crippen molar-refractivity contribution in [2.45, 2.75) is 57.0 Å². The number of hydrogen-bond donors (Lipinski definition) is 0. The number of piperazine rings is 1. The van der Waals surface area contributed by atoms with Crippen LogP contribution < -0.4 is 0 Å². The van der Waals surface area contributed by atoms with Crippen molar-refractivity contribution in [1.29, 1.82) is 0 Å². The Bertz CT molecular complexity index is 515. The molecule has 0 amide bonds. The minimum absolute atomic E-state index is 0.802. The Kier molecular flexibility index (Phi) is 5.57. The Morgan fingerprint density at radius 2 is 1.75 bits per heavy atom. The Morgan fingerprint density at radius 1 is 0.958 bits per heavy atom. The number of nitrogens with zero attached hydrogens (tertiary/aromatic N) is 3. The molecule has 4 rings (SSSR count). The van der Waals surface area contributed by atoms with E-state index in [0.29, 0.717) is 0 Å². The van der Waals surface area contributed by atoms with Gasteiger partial charge in [-0.05, 0) is 44.4 Å². The van der Waals surface area contributed by atoms with Crippen molar-refractivity contribution in [2.24, 2.45) is 0 Å². The molecule has 4 heteroatoms. The third kappa shape index (κ3) is 4.04. The zero-order chi connectivity index (χ0) is 16.4. The summed E-state index contributed by atoms with van der Waals surface area (Å²) >= 11 is 2.10. The molecule has 3 aliphatic rings. The molecule has 3 nitrogen and oxygen atoms in total. The zero-order valence-electron chi connectivity index (χ0n) is 15.3. The maximum absolute atomic E-state index is 2.74. The van der Waals surface area contributed by atoms with Gasteiger partial charge in [-0.1, -0.05) is 19.3 Å². The maximum atomic E-state index is 2.74. The van der Waals surface area contributed by atoms with Gasteiger partial charge in [0.1, 0.15) is 0 Å². The summed E-state index contributed by atoms with van der Waals surface area (Å²) < 4.78 is 0. The van der Waals surface area contributed by atoms with Crippen LogP contribution in [0, 0.1) is 0 Å². The SMILES string of the molecule is CN1CCN([C@H]2CCN(Cc3ccc(C4CCCCC4)s3)C2)CC1. The van der Waals surface area contributed by atoms with E-state index in [-0.39, 0.29) is 0 Å². The smallest absolute Gasteiger partial charge is 0.0328 e. The van der Waals surface area contributed by atoms with E-state index in [2.05, 4.69) is 45.2 Å². The second-order valence-electron chi connectivity index (χ2n) is 8.16. The van der Waals surface area contributed by atoms with Crippen LogP contribution in [0.25, 0.3) is 0 Å². The molecule has 1 aromatic rings. The van der Waals surface area contributed by atoms with Gasteiger partial charge in [0.15, 0.2) is 0 Å². The van der Waals surface area contributed by atoms with E-state index in [1.165, 1.54) is 84.3 Å². The summed E-state index contributed by atoms with van der Waals surface area (Å²) in [5, 5.41) is 0. The third-order valence-corrected chi connectivity index (χ3v) is 7.60. The summed E-state index contributed by atoms with van der Waals surface area (Å²) in [6.07, 6.45) is 8.55. The van der Waals surface area contributed by atoms with Gasteiger partial charge >= 0.3 is 0 Å². The standard InChI is InChI=1S/C20H33N3S/c1-21-11-13-23(14-12-21)18-9-10-22(15-18)16-19-7-8-20(24-19)17-5-3-2-4-6-17/h7-8,17-18H,2-6,9-16H2,1H3/t18-/m0/s1. The van der Waals surface area contributed by atoms with Gasteiger partial charge in [0.2, 0.25) is 0 Å². The quantitative estimate of drug-likeness (QED) is 0.824. The maximum Gasteiger partial charge on any atom is 0.0328 e. The molecule has 1 atom stereocenters. The fourth-order valence-electron chi connectivity index (χ4n) is 4.75. The summed E-state index contributed by atoms with van der Waals surface area (Å²) in [7, 11) is 2.25. The molecular formula is C20H33N3S. The normalized spacial score (nSPS) is 28.6. The molecule has 0 radical (unpaired) electrons. The first kappa shape index (κ1) is 17.0. The van der Waals surface area contributed by atoms with Crippen LogP contribution in [0.1, 0.15) is 54.2 Å². The Labute approximate surface area is 151 Å². The summed E-state index contributed by atoms with van der Waals surface area (Å²) in [5.41, 5.74) is 0. The van der Waals surface area contributed by atoms with Crippen molar-refractivity contribution < 1.29 is 0 Å². The molecule has 0 bridgehead atoms. The molecule has 2 saturated heterocycles. The molecular weight excluding hydrogens is 314 g/mol. The molecule has 0 spiro atoms. The zero-order valence-corrected chi connectivity index (χ0v) is 16.1. The fraction of sp³-hybridized carbons (Fsp3) is 0.800. The average Bonchev–Trinajstić information content (AvgIpc) is 3.27. The highest BCUT2D eigenvalue weighted by molar-refractivity contribution is 7.12. The number of likely N-dealkylation sites (N-methyl/N-ethyl adjacent to an activating group) is 1. The molecule has 24 heavy (non-hydrogen) atoms. The van der Waals surface area contributed by atoms with Crippen LogP contribution in [0.2, 0.25) is 0 Å². The van der Waals surface area contributed by atoms with E-state index < -0.39 is 0 Å². The minimum atomic E-state index is 0.802. The van der Waals surface area contributed by atoms with Gasteiger partial charge in [0.25, 0.3) is 0 Å². The van der Waals surface area contributed by atoms with Crippen LogP contribution in [0.5, 0.6) is 0 Å². The van der Waals surface area contributed by atoms with Crippen molar-refractivity contribution in [2.75, 3.05) is 46.3 Å². The highest BCUT2D eigenvalue weighted by Crippen LogP contribution is 2.36. The lowest BCUT2D eigenvalue weighted by molar-refractivity contribution is 0.112. The minimum Gasteiger partial charge on any atom is -0.304 e. The van der Waals surface area contributed by atoms with Crippen molar-refractivity contribution >= 4 is 11.3 Å². The molecule has 0 N–H and O–H groups in total. The highest BCUT2D eigenvalue weighted by Gasteiger charge is 2.29. The monoisotopic (exact) mass is 347 g/mol. The van der Waals surface area contributed by atoms with E-state index in [0.717, 1.165) is 12.0 Å². The summed E-state index contributed by atoms with van der Waals surface area (Å²) in [6.45, 7) is 8.76. The molecule has 0 unspecified atom stereocenters. The van der Waals surface area contributed by atoms with Gasteiger partial charge in [-0.25, -0.2) is 0 Å². The van der Waals surface area contributed by atoms with Crippen molar-refractivity contribution in [3.05, 3.63) is 21.9 Å². The summed E-state index contributed by atoms with van der Waals surface area (Å²) in [6, 6.07) is 5.65. The number of likely N-dealkylation sites (tertiary alicyclic amines) is 1. The first-order chi connectivity index (χ1) is 11.8. The molecule has 2 aliphatic heterocycles. The van der Waals surface area contributed by atoms with E-state index in [1.807, 2.05) is 0 Å². The predicted molar refractivity (Wildman–Crippen MR) is 103 cm³/mol. The highest BCUT2D eigenvalue weighted by atomic mass is 32.1. The van der Waals surface area contributed by atoms with Gasteiger partial charge in [-0.2, -0.15) is 0 Å². The molecule has 1 saturated carbocycles. The van der Waals surface area contributed by atoms with E-state index in [4.69, 9.17) is 0 Å². The van der Waals surface area contributed by atoms with Gasteiger partial charge in [-0.3, -0.25) is 9.80 Å². The predicted octanol–water partition coefficient (Wildman–Crippen LogP) is 3.62. The Hall–Kier alpha value is -0.420. The summed E-state index contributed by atoms with van der Waals surface area (Å²) in [4.78, 5) is 11.2. The van der Waals surface area contributed by atoms with E-state index in [9.17, 15) is 0 Å². The van der Waals surface area contributed by atoms with Crippen LogP contribution in [0.4, 0.5) is 0 Å². The lowest BCUT2D eigenvalue weighted by Crippen LogP contribution is -2.49. The fourth-order valence-corrected chi connectivity index (χ4v) is 5.97. The van der Waals surface area contributed by atoms with Gasteiger partial charge in [0, 0.05) is 61.6 Å². The Morgan fingerprint density at radius 3 is 2.54 bits per heavy atom. The van der Waals surface area contributed by atoms with Gasteiger partial charge < -0.3 is 4.90 Å². The third-order valence-electron chi connectivity index (χ3n) is 6.37. The van der Waals surface area contributed by atoms with Crippen molar-refractivity contribution in [1.82, 2.24) is 14.7 Å². The first-order valence-corrected chi connectivity index (χ1v) is 10.8. The van der Waals surface area contributed by atoms with Crippen LogP contribution in [0.3, 0.4) is 0 Å². The number of rotatable bonds is 4. The van der Waals surface area contributed by atoms with E-state index in [1.54, 1.807) is 9.75 Å². The van der Waals surface area contributed by atoms with Crippen LogP contribution in [-0.2, 0) is 6.54 Å². The summed E-state index contributed by atoms with van der Waals surface area (Å²) in [5.74, 6) is 0.870. The Balaban J connectivity index is 1.28. The van der Waals surface area contributed by atoms with Crippen molar-refractivity contribution in [3.63, 3.8) is 0 Å². The topological polar surface area (TPSA) is 9.72 Å².